The number of fused-ring (bicyclic) bond motifs is 7. The van der Waals surface area contributed by atoms with E-state index in [0.717, 1.165) is 61.0 Å². The first-order chi connectivity index (χ1) is 24.6. The van der Waals surface area contributed by atoms with Crippen molar-refractivity contribution >= 4 is 44.9 Å². The molecular weight excluding hydrogens is 634 g/mol. The molecule has 4 heterocycles. The quantitative estimate of drug-likeness (QED) is 0.189. The highest BCUT2D eigenvalue weighted by Gasteiger charge is 2.50. The van der Waals surface area contributed by atoms with E-state index >= 15 is 0 Å². The van der Waals surface area contributed by atoms with Crippen LogP contribution in [0.25, 0.3) is 38.5 Å². The van der Waals surface area contributed by atoms with Crippen molar-refractivity contribution in [1.82, 2.24) is 14.9 Å². The van der Waals surface area contributed by atoms with Crippen LogP contribution in [-0.4, -0.2) is 15.5 Å². The molecule has 0 bridgehead atoms. The molecule has 10 rings (SSSR count). The summed E-state index contributed by atoms with van der Waals surface area (Å²) in [5.74, 6) is -0.173. The minimum Gasteiger partial charge on any atom is -0.357 e. The topological polar surface area (TPSA) is 49.8 Å². The third-order valence-corrected chi connectivity index (χ3v) is 10.8. The molecule has 238 valence electrons. The number of carbonyl (C=O) groups excluding carboxylic acids is 1. The average Bonchev–Trinajstić information content (AvgIpc) is 3.88. The number of amides is 1. The molecule has 50 heavy (non-hydrogen) atoms. The molecule has 0 aliphatic carbocycles. The Labute approximate surface area is 294 Å². The average molecular weight is 664 g/mol. The maximum Gasteiger partial charge on any atom is 0.254 e. The summed E-state index contributed by atoms with van der Waals surface area (Å²) in [6.45, 7) is 0. The fourth-order valence-corrected chi connectivity index (χ4v) is 8.66. The maximum absolute atomic E-state index is 13.8. The van der Waals surface area contributed by atoms with Gasteiger partial charge < -0.3 is 14.9 Å². The molecule has 2 aliphatic heterocycles. The van der Waals surface area contributed by atoms with Gasteiger partial charge in [-0.05, 0) is 41.5 Å². The first-order valence-electron chi connectivity index (χ1n) is 16.9. The summed E-state index contributed by atoms with van der Waals surface area (Å²) < 4.78 is 2.34. The van der Waals surface area contributed by atoms with Gasteiger partial charge >= 0.3 is 0 Å². The normalized spacial score (nSPS) is 16.3. The highest BCUT2D eigenvalue weighted by atomic mass is 35.5. The van der Waals surface area contributed by atoms with E-state index < -0.39 is 5.66 Å². The number of para-hydroxylation sites is 2. The Kier molecular flexibility index (Phi) is 6.33. The van der Waals surface area contributed by atoms with Crippen LogP contribution in [0.5, 0.6) is 0 Å². The van der Waals surface area contributed by atoms with Crippen LogP contribution in [0.2, 0.25) is 5.02 Å². The fraction of sp³-hybridized carbons (Fsp3) is 0.0444. The van der Waals surface area contributed by atoms with Crippen molar-refractivity contribution in [3.8, 4) is 11.1 Å². The SMILES string of the molecule is O=C1NC2(C=C(c3ccccc3Cl)c3c(-c4c(C(c5ccccc5)c5ccccc5)[nH]c5ccccc45)c4ccccc4n32)c2ccccc21. The van der Waals surface area contributed by atoms with Gasteiger partial charge in [0.2, 0.25) is 0 Å². The predicted octanol–water partition coefficient (Wildman–Crippen LogP) is 10.5. The number of carbonyl (C=O) groups is 1. The van der Waals surface area contributed by atoms with E-state index in [9.17, 15) is 4.79 Å². The summed E-state index contributed by atoms with van der Waals surface area (Å²) in [5, 5.41) is 6.33. The zero-order valence-electron chi connectivity index (χ0n) is 26.9. The molecule has 8 aromatic rings. The monoisotopic (exact) mass is 663 g/mol. The van der Waals surface area contributed by atoms with Crippen LogP contribution >= 0.6 is 11.6 Å². The van der Waals surface area contributed by atoms with Gasteiger partial charge in [0.05, 0.1) is 11.2 Å². The molecule has 6 aromatic carbocycles. The van der Waals surface area contributed by atoms with E-state index in [1.165, 1.54) is 11.1 Å². The number of hydrogen-bond donors (Lipinski definition) is 2. The Morgan fingerprint density at radius 2 is 1.20 bits per heavy atom. The molecule has 2 aliphatic rings. The van der Waals surface area contributed by atoms with Crippen LogP contribution in [0, 0.1) is 0 Å². The van der Waals surface area contributed by atoms with Gasteiger partial charge in [0.15, 0.2) is 5.66 Å². The van der Waals surface area contributed by atoms with Gasteiger partial charge in [0, 0.05) is 66.3 Å². The van der Waals surface area contributed by atoms with E-state index in [4.69, 9.17) is 11.6 Å². The largest absolute Gasteiger partial charge is 0.357 e. The lowest BCUT2D eigenvalue weighted by Crippen LogP contribution is -2.42. The molecule has 4 nitrogen and oxygen atoms in total. The van der Waals surface area contributed by atoms with Crippen molar-refractivity contribution in [2.45, 2.75) is 11.6 Å². The van der Waals surface area contributed by atoms with E-state index in [2.05, 4.69) is 142 Å². The minimum atomic E-state index is -0.945. The van der Waals surface area contributed by atoms with Crippen molar-refractivity contribution in [1.29, 1.82) is 0 Å². The number of aromatic nitrogens is 2. The molecule has 2 N–H and O–H groups in total. The van der Waals surface area contributed by atoms with E-state index in [1.54, 1.807) is 0 Å². The second kappa shape index (κ2) is 11.0. The van der Waals surface area contributed by atoms with Crippen LogP contribution in [0.15, 0.2) is 164 Å². The van der Waals surface area contributed by atoms with Gasteiger partial charge in [-0.1, -0.05) is 145 Å². The number of hydrogen-bond acceptors (Lipinski definition) is 1. The zero-order chi connectivity index (χ0) is 33.4. The molecular formula is C45H30ClN3O. The molecule has 0 radical (unpaired) electrons. The summed E-state index contributed by atoms with van der Waals surface area (Å²) in [6.07, 6.45) is 2.21. The standard InChI is InChI=1S/C45H30ClN3O/c46-36-24-12-8-19-30(36)34-27-45(35-23-11-7-20-31(35)44(50)48-45)49-38-26-14-10-22-33(38)41(43(34)49)40-32-21-9-13-25-37(32)47-42(40)39(28-15-3-1-4-16-28)29-17-5-2-6-18-29/h1-27,39,47H,(H,48,50). The number of nitrogens with one attached hydrogen (secondary N) is 2. The maximum atomic E-state index is 13.8. The second-order valence-electron chi connectivity index (χ2n) is 13.1. The van der Waals surface area contributed by atoms with E-state index in [-0.39, 0.29) is 11.8 Å². The lowest BCUT2D eigenvalue weighted by Gasteiger charge is -2.27. The Morgan fingerprint density at radius 3 is 1.94 bits per heavy atom. The number of halogens is 1. The zero-order valence-corrected chi connectivity index (χ0v) is 27.7. The van der Waals surface area contributed by atoms with Gasteiger partial charge in [-0.25, -0.2) is 0 Å². The van der Waals surface area contributed by atoms with Crippen molar-refractivity contribution < 1.29 is 4.79 Å². The fourth-order valence-electron chi connectivity index (χ4n) is 8.42. The van der Waals surface area contributed by atoms with Crippen molar-refractivity contribution in [3.63, 3.8) is 0 Å². The second-order valence-corrected chi connectivity index (χ2v) is 13.5. The van der Waals surface area contributed by atoms with Gasteiger partial charge in [0.25, 0.3) is 5.91 Å². The third kappa shape index (κ3) is 4.03. The smallest absolute Gasteiger partial charge is 0.254 e. The van der Waals surface area contributed by atoms with Crippen LogP contribution in [-0.2, 0) is 5.66 Å². The third-order valence-electron chi connectivity index (χ3n) is 10.4. The Morgan fingerprint density at radius 1 is 0.600 bits per heavy atom. The van der Waals surface area contributed by atoms with E-state index in [1.807, 2.05) is 36.4 Å². The highest BCUT2D eigenvalue weighted by Crippen LogP contribution is 2.55. The highest BCUT2D eigenvalue weighted by molar-refractivity contribution is 6.33. The molecule has 5 heteroatoms. The number of nitrogens with zero attached hydrogens (tertiary/aromatic N) is 1. The lowest BCUT2D eigenvalue weighted by atomic mass is 9.83. The molecule has 0 saturated carbocycles. The molecule has 0 saturated heterocycles. The van der Waals surface area contributed by atoms with Crippen molar-refractivity contribution in [2.75, 3.05) is 0 Å². The lowest BCUT2D eigenvalue weighted by molar-refractivity contribution is 0.0937. The first kappa shape index (κ1) is 28.9. The summed E-state index contributed by atoms with van der Waals surface area (Å²) >= 11 is 7.06. The number of H-pyrrole nitrogens is 1. The summed E-state index contributed by atoms with van der Waals surface area (Å²) in [5.41, 5.74) is 11.4. The number of aromatic amines is 1. The Bertz CT molecular complexity index is 2630. The van der Waals surface area contributed by atoms with Crippen molar-refractivity contribution in [3.05, 3.63) is 208 Å². The van der Waals surface area contributed by atoms with Gasteiger partial charge in [0.1, 0.15) is 0 Å². The molecule has 1 amide bonds. The predicted molar refractivity (Wildman–Crippen MR) is 203 cm³/mol. The number of benzene rings is 6. The molecule has 2 aromatic heterocycles. The Hall–Kier alpha value is -6.10. The van der Waals surface area contributed by atoms with Crippen LogP contribution < -0.4 is 5.32 Å². The minimum absolute atomic E-state index is 0.0795. The molecule has 1 unspecified atom stereocenters. The summed E-state index contributed by atoms with van der Waals surface area (Å²) in [6, 6.07) is 54.5. The molecule has 1 atom stereocenters. The van der Waals surface area contributed by atoms with Gasteiger partial charge in [-0.2, -0.15) is 0 Å². The molecule has 1 spiro atoms. The summed E-state index contributed by atoms with van der Waals surface area (Å²) in [7, 11) is 0. The summed E-state index contributed by atoms with van der Waals surface area (Å²) in [4.78, 5) is 17.7. The molecule has 0 fully saturated rings. The van der Waals surface area contributed by atoms with Crippen molar-refractivity contribution in [2.24, 2.45) is 0 Å². The first-order valence-corrected chi connectivity index (χ1v) is 17.3. The van der Waals surface area contributed by atoms with Crippen LogP contribution in [0.4, 0.5) is 0 Å². The van der Waals surface area contributed by atoms with Crippen LogP contribution in [0.1, 0.15) is 49.9 Å². The number of rotatable bonds is 5. The Balaban J connectivity index is 1.38. The van der Waals surface area contributed by atoms with Gasteiger partial charge in [-0.15, -0.1) is 0 Å². The van der Waals surface area contributed by atoms with Crippen LogP contribution in [0.3, 0.4) is 0 Å². The van der Waals surface area contributed by atoms with E-state index in [0.29, 0.717) is 10.6 Å². The van der Waals surface area contributed by atoms with Gasteiger partial charge in [-0.3, -0.25) is 4.79 Å².